The average molecular weight is 203 g/mol. The molecule has 0 fully saturated rings. The molecule has 2 aromatic rings. The van der Waals surface area contributed by atoms with Gasteiger partial charge in [-0.15, -0.1) is 5.10 Å². The summed E-state index contributed by atoms with van der Waals surface area (Å²) in [6.07, 6.45) is 1.63. The van der Waals surface area contributed by atoms with Gasteiger partial charge in [-0.05, 0) is 12.5 Å². The van der Waals surface area contributed by atoms with Crippen LogP contribution in [0, 0.1) is 0 Å². The Morgan fingerprint density at radius 2 is 2.07 bits per heavy atom. The van der Waals surface area contributed by atoms with E-state index in [1.54, 1.807) is 10.9 Å². The number of nitrogens with zero attached hydrogens (tertiary/aromatic N) is 3. The Kier molecular flexibility index (Phi) is 2.97. The zero-order valence-corrected chi connectivity index (χ0v) is 8.63. The summed E-state index contributed by atoms with van der Waals surface area (Å²) in [6.45, 7) is 3.26. The molecule has 1 heterocycles. The Hall–Kier alpha value is -1.84. The standard InChI is InChI=1S/C11H13N3O/c1-2-15-11-8-12-13-14(11)9-10-6-4-3-5-7-10/h3-8H,2,9H2,1H3. The lowest BCUT2D eigenvalue weighted by Crippen LogP contribution is -2.05. The maximum absolute atomic E-state index is 5.39. The SMILES string of the molecule is CCOc1cnnn1Cc1ccccc1. The van der Waals surface area contributed by atoms with Crippen molar-refractivity contribution >= 4 is 0 Å². The molecule has 0 amide bonds. The van der Waals surface area contributed by atoms with E-state index in [4.69, 9.17) is 4.74 Å². The van der Waals surface area contributed by atoms with E-state index < -0.39 is 0 Å². The van der Waals surface area contributed by atoms with Crippen LogP contribution in [0.4, 0.5) is 0 Å². The third-order valence-corrected chi connectivity index (χ3v) is 2.05. The van der Waals surface area contributed by atoms with Gasteiger partial charge in [-0.1, -0.05) is 35.5 Å². The van der Waals surface area contributed by atoms with Crippen molar-refractivity contribution in [2.75, 3.05) is 6.61 Å². The minimum Gasteiger partial charge on any atom is -0.477 e. The van der Waals surface area contributed by atoms with Gasteiger partial charge in [-0.3, -0.25) is 0 Å². The summed E-state index contributed by atoms with van der Waals surface area (Å²) in [5.74, 6) is 0.710. The van der Waals surface area contributed by atoms with E-state index in [2.05, 4.69) is 22.4 Å². The van der Waals surface area contributed by atoms with Crippen LogP contribution in [0.25, 0.3) is 0 Å². The largest absolute Gasteiger partial charge is 0.477 e. The summed E-state index contributed by atoms with van der Waals surface area (Å²) in [5.41, 5.74) is 1.18. The van der Waals surface area contributed by atoms with Crippen LogP contribution in [0.15, 0.2) is 36.5 Å². The third kappa shape index (κ3) is 2.34. The normalized spacial score (nSPS) is 10.2. The number of aromatic nitrogens is 3. The molecule has 78 valence electrons. The van der Waals surface area contributed by atoms with Gasteiger partial charge < -0.3 is 4.74 Å². The first-order valence-electron chi connectivity index (χ1n) is 4.95. The average Bonchev–Trinajstić information content (AvgIpc) is 2.68. The Labute approximate surface area is 88.5 Å². The lowest BCUT2D eigenvalue weighted by molar-refractivity contribution is 0.305. The molecule has 0 aliphatic rings. The fourth-order valence-electron chi connectivity index (χ4n) is 1.37. The molecule has 2 rings (SSSR count). The Morgan fingerprint density at radius 1 is 1.27 bits per heavy atom. The van der Waals surface area contributed by atoms with Crippen LogP contribution >= 0.6 is 0 Å². The Morgan fingerprint density at radius 3 is 2.80 bits per heavy atom. The summed E-state index contributed by atoms with van der Waals surface area (Å²) >= 11 is 0. The molecule has 0 aliphatic carbocycles. The number of benzene rings is 1. The summed E-state index contributed by atoms with van der Waals surface area (Å²) in [4.78, 5) is 0. The minimum atomic E-state index is 0.627. The molecule has 15 heavy (non-hydrogen) atoms. The smallest absolute Gasteiger partial charge is 0.232 e. The second-order valence-corrected chi connectivity index (χ2v) is 3.15. The molecule has 0 aliphatic heterocycles. The Bertz CT molecular complexity index is 411. The van der Waals surface area contributed by atoms with Crippen molar-refractivity contribution in [3.63, 3.8) is 0 Å². The minimum absolute atomic E-state index is 0.627. The van der Waals surface area contributed by atoms with Crippen molar-refractivity contribution < 1.29 is 4.74 Å². The number of hydrogen-bond acceptors (Lipinski definition) is 3. The molecule has 1 aromatic heterocycles. The number of rotatable bonds is 4. The maximum atomic E-state index is 5.39. The predicted molar refractivity (Wildman–Crippen MR) is 56.7 cm³/mol. The van der Waals surface area contributed by atoms with Crippen LogP contribution in [0.3, 0.4) is 0 Å². The number of hydrogen-bond donors (Lipinski definition) is 0. The molecule has 4 nitrogen and oxygen atoms in total. The van der Waals surface area contributed by atoms with Crippen molar-refractivity contribution in [2.24, 2.45) is 0 Å². The molecule has 0 radical (unpaired) electrons. The van der Waals surface area contributed by atoms with Gasteiger partial charge in [-0.25, -0.2) is 4.68 Å². The maximum Gasteiger partial charge on any atom is 0.232 e. The van der Waals surface area contributed by atoms with Crippen molar-refractivity contribution in [2.45, 2.75) is 13.5 Å². The Balaban J connectivity index is 2.14. The molecule has 0 spiro atoms. The summed E-state index contributed by atoms with van der Waals surface area (Å²) in [7, 11) is 0. The van der Waals surface area contributed by atoms with E-state index in [1.165, 1.54) is 5.56 Å². The van der Waals surface area contributed by atoms with Crippen molar-refractivity contribution in [1.82, 2.24) is 15.0 Å². The number of ether oxygens (including phenoxy) is 1. The van der Waals surface area contributed by atoms with E-state index in [0.29, 0.717) is 19.0 Å². The van der Waals surface area contributed by atoms with Crippen molar-refractivity contribution in [3.8, 4) is 5.88 Å². The van der Waals surface area contributed by atoms with Gasteiger partial charge in [-0.2, -0.15) is 0 Å². The van der Waals surface area contributed by atoms with Gasteiger partial charge in [0.2, 0.25) is 5.88 Å². The first kappa shape index (κ1) is 9.71. The first-order valence-corrected chi connectivity index (χ1v) is 4.95. The van der Waals surface area contributed by atoms with Crippen LogP contribution in [-0.4, -0.2) is 21.6 Å². The van der Waals surface area contributed by atoms with Crippen LogP contribution in [-0.2, 0) is 6.54 Å². The summed E-state index contributed by atoms with van der Waals surface area (Å²) < 4.78 is 7.14. The zero-order chi connectivity index (χ0) is 10.5. The molecule has 0 saturated carbocycles. The molecule has 0 atom stereocenters. The summed E-state index contributed by atoms with van der Waals surface area (Å²) in [5, 5.41) is 7.80. The quantitative estimate of drug-likeness (QED) is 0.759. The molecule has 0 bridgehead atoms. The van der Waals surface area contributed by atoms with E-state index in [0.717, 1.165) is 0 Å². The monoisotopic (exact) mass is 203 g/mol. The van der Waals surface area contributed by atoms with Crippen LogP contribution in [0.5, 0.6) is 5.88 Å². The van der Waals surface area contributed by atoms with Gasteiger partial charge >= 0.3 is 0 Å². The summed E-state index contributed by atoms with van der Waals surface area (Å²) in [6, 6.07) is 10.1. The molecule has 1 aromatic carbocycles. The predicted octanol–water partition coefficient (Wildman–Crippen LogP) is 1.73. The fourth-order valence-corrected chi connectivity index (χ4v) is 1.37. The zero-order valence-electron chi connectivity index (χ0n) is 8.63. The highest BCUT2D eigenvalue weighted by atomic mass is 16.5. The highest BCUT2D eigenvalue weighted by Crippen LogP contribution is 2.10. The second-order valence-electron chi connectivity index (χ2n) is 3.15. The van der Waals surface area contributed by atoms with Gasteiger partial charge in [0.25, 0.3) is 0 Å². The van der Waals surface area contributed by atoms with Crippen LogP contribution < -0.4 is 4.74 Å². The lowest BCUT2D eigenvalue weighted by atomic mass is 10.2. The molecule has 0 N–H and O–H groups in total. The van der Waals surface area contributed by atoms with Crippen molar-refractivity contribution in [3.05, 3.63) is 42.1 Å². The molecular weight excluding hydrogens is 190 g/mol. The van der Waals surface area contributed by atoms with E-state index in [1.807, 2.05) is 25.1 Å². The topological polar surface area (TPSA) is 39.9 Å². The highest BCUT2D eigenvalue weighted by molar-refractivity contribution is 5.16. The highest BCUT2D eigenvalue weighted by Gasteiger charge is 2.04. The van der Waals surface area contributed by atoms with Gasteiger partial charge in [0, 0.05) is 0 Å². The van der Waals surface area contributed by atoms with Gasteiger partial charge in [0.05, 0.1) is 13.2 Å². The second kappa shape index (κ2) is 4.59. The molecular formula is C11H13N3O. The third-order valence-electron chi connectivity index (χ3n) is 2.05. The van der Waals surface area contributed by atoms with Gasteiger partial charge in [0.1, 0.15) is 6.20 Å². The van der Waals surface area contributed by atoms with E-state index in [9.17, 15) is 0 Å². The molecule has 0 saturated heterocycles. The lowest BCUT2D eigenvalue weighted by Gasteiger charge is -2.05. The van der Waals surface area contributed by atoms with E-state index >= 15 is 0 Å². The van der Waals surface area contributed by atoms with Crippen LogP contribution in [0.1, 0.15) is 12.5 Å². The van der Waals surface area contributed by atoms with Crippen molar-refractivity contribution in [1.29, 1.82) is 0 Å². The van der Waals surface area contributed by atoms with E-state index in [-0.39, 0.29) is 0 Å². The molecule has 4 heteroatoms. The van der Waals surface area contributed by atoms with Crippen LogP contribution in [0.2, 0.25) is 0 Å². The molecule has 0 unspecified atom stereocenters. The fraction of sp³-hybridized carbons (Fsp3) is 0.273. The first-order chi connectivity index (χ1) is 7.40. The van der Waals surface area contributed by atoms with Gasteiger partial charge in [0.15, 0.2) is 0 Å².